The largest absolute Gasteiger partial charge is 0.481 e. The van der Waals surface area contributed by atoms with E-state index in [1.165, 1.54) is 0 Å². The Kier molecular flexibility index (Phi) is 10.0. The maximum atomic E-state index is 14.0. The van der Waals surface area contributed by atoms with Crippen LogP contribution in [0.5, 0.6) is 0 Å². The smallest absolute Gasteiger partial charge is 0.358 e. The molecule has 1 aliphatic heterocycles. The minimum Gasteiger partial charge on any atom is -0.481 e. The maximum absolute atomic E-state index is 14.0. The summed E-state index contributed by atoms with van der Waals surface area (Å²) < 4.78 is 25.6. The normalized spacial score (nSPS) is 17.5. The average Bonchev–Trinajstić information content (AvgIpc) is 3.03. The zero-order valence-corrected chi connectivity index (χ0v) is 20.3. The number of aliphatic imine (C=N–C) groups is 1. The zero-order chi connectivity index (χ0) is 24.5. The summed E-state index contributed by atoms with van der Waals surface area (Å²) in [6.45, 7) is 8.25. The van der Waals surface area contributed by atoms with Gasteiger partial charge in [-0.05, 0) is 51.2 Å². The van der Waals surface area contributed by atoms with Crippen LogP contribution in [-0.4, -0.2) is 41.1 Å². The molecule has 0 spiro atoms. The van der Waals surface area contributed by atoms with Crippen LogP contribution in [0.15, 0.2) is 41.2 Å². The van der Waals surface area contributed by atoms with Crippen LogP contribution in [0, 0.1) is 0 Å². The van der Waals surface area contributed by atoms with Crippen LogP contribution in [0.25, 0.3) is 0 Å². The van der Waals surface area contributed by atoms with E-state index in [-0.39, 0.29) is 26.1 Å². The van der Waals surface area contributed by atoms with E-state index in [9.17, 15) is 14.2 Å². The van der Waals surface area contributed by atoms with Crippen molar-refractivity contribution in [3.63, 3.8) is 0 Å². The van der Waals surface area contributed by atoms with Gasteiger partial charge in [-0.25, -0.2) is 0 Å². The van der Waals surface area contributed by atoms with Crippen LogP contribution < -0.4 is 0 Å². The number of aliphatic carboxylic acids is 2. The Labute approximate surface area is 195 Å². The number of carboxylic acid groups (broad SMARTS) is 2. The van der Waals surface area contributed by atoms with Gasteiger partial charge in [0.2, 0.25) is 0 Å². The van der Waals surface area contributed by atoms with Gasteiger partial charge in [-0.15, -0.1) is 0 Å². The Balaban J connectivity index is 2.09. The number of fused-ring (bicyclic) bond motifs is 1. The highest BCUT2D eigenvalue weighted by atomic mass is 31.2. The van der Waals surface area contributed by atoms with Gasteiger partial charge >= 0.3 is 19.5 Å². The van der Waals surface area contributed by atoms with Crippen molar-refractivity contribution in [2.75, 3.05) is 13.2 Å². The average molecular weight is 480 g/mol. The molecule has 0 saturated heterocycles. The Morgan fingerprint density at radius 2 is 1.48 bits per heavy atom. The van der Waals surface area contributed by atoms with Crippen LogP contribution in [0.1, 0.15) is 70.8 Å². The molecule has 0 aromatic heterocycles. The molecule has 0 amide bonds. The highest BCUT2D eigenvalue weighted by Gasteiger charge is 2.48. The molecule has 1 atom stereocenters. The quantitative estimate of drug-likeness (QED) is 0.218. The van der Waals surface area contributed by atoms with Gasteiger partial charge in [0.25, 0.3) is 0 Å². The summed E-state index contributed by atoms with van der Waals surface area (Å²) in [6, 6.07) is 7.62. The molecule has 0 radical (unpaired) electrons. The number of allylic oxidation sites excluding steroid dienone is 1. The molecule has 1 aromatic carbocycles. The van der Waals surface area contributed by atoms with Gasteiger partial charge in [-0.2, -0.15) is 0 Å². The molecule has 9 heteroatoms. The van der Waals surface area contributed by atoms with Gasteiger partial charge in [0.05, 0.1) is 29.6 Å². The number of benzene rings is 1. The molecule has 1 heterocycles. The SMILES string of the molecule is C=C(C1(C)C(C)=Nc2ccccc21)P(=O)(OCCCCCC(=O)O)OCCCCCC(=O)O. The number of carboxylic acids is 2. The van der Waals surface area contributed by atoms with Crippen LogP contribution in [-0.2, 0) is 28.6 Å². The standard InChI is InChI=1S/C24H34NO7P/c1-18-24(3,20-12-8-9-13-21(20)25-18)19(2)33(30,31-16-10-4-6-14-22(26)27)32-17-11-5-7-15-23(28)29/h8-9,12-13H,2,4-7,10-11,14-17H2,1,3H3,(H,26,27)(H,28,29). The van der Waals surface area contributed by atoms with Crippen LogP contribution in [0.3, 0.4) is 0 Å². The molecule has 33 heavy (non-hydrogen) atoms. The van der Waals surface area contributed by atoms with Crippen LogP contribution in [0.4, 0.5) is 5.69 Å². The number of nitrogens with zero attached hydrogens (tertiary/aromatic N) is 1. The molecule has 0 aliphatic carbocycles. The third-order valence-electron chi connectivity index (χ3n) is 5.95. The fourth-order valence-electron chi connectivity index (χ4n) is 3.79. The molecule has 0 saturated carbocycles. The van der Waals surface area contributed by atoms with Crippen molar-refractivity contribution < 1.29 is 33.4 Å². The summed E-state index contributed by atoms with van der Waals surface area (Å²) in [4.78, 5) is 26.0. The van der Waals surface area contributed by atoms with Crippen molar-refractivity contribution >= 4 is 30.9 Å². The third-order valence-corrected chi connectivity index (χ3v) is 8.11. The molecular formula is C24H34NO7P. The van der Waals surface area contributed by atoms with E-state index in [1.54, 1.807) is 0 Å². The van der Waals surface area contributed by atoms with Crippen molar-refractivity contribution in [1.82, 2.24) is 0 Å². The van der Waals surface area contributed by atoms with E-state index in [2.05, 4.69) is 11.6 Å². The van der Waals surface area contributed by atoms with Gasteiger partial charge in [0, 0.05) is 18.6 Å². The molecule has 1 aliphatic rings. The monoisotopic (exact) mass is 479 g/mol. The summed E-state index contributed by atoms with van der Waals surface area (Å²) in [5, 5.41) is 17.8. The van der Waals surface area contributed by atoms with E-state index in [4.69, 9.17) is 19.3 Å². The number of carbonyl (C=O) groups is 2. The van der Waals surface area contributed by atoms with Crippen LogP contribution >= 0.6 is 7.60 Å². The topological polar surface area (TPSA) is 122 Å². The number of unbranched alkanes of at least 4 members (excludes halogenated alkanes) is 4. The predicted octanol–water partition coefficient (Wildman–Crippen LogP) is 6.08. The zero-order valence-electron chi connectivity index (χ0n) is 19.4. The van der Waals surface area contributed by atoms with Gasteiger partial charge in [-0.1, -0.05) is 37.6 Å². The first-order valence-electron chi connectivity index (χ1n) is 11.3. The van der Waals surface area contributed by atoms with Crippen molar-refractivity contribution in [3.8, 4) is 0 Å². The molecule has 0 fully saturated rings. The number of hydrogen-bond donors (Lipinski definition) is 2. The molecule has 8 nitrogen and oxygen atoms in total. The molecule has 1 unspecified atom stereocenters. The molecule has 2 N–H and O–H groups in total. The summed E-state index contributed by atoms with van der Waals surface area (Å²) in [5.41, 5.74) is 1.64. The lowest BCUT2D eigenvalue weighted by Crippen LogP contribution is -2.30. The van der Waals surface area contributed by atoms with Gasteiger partial charge in [0.15, 0.2) is 0 Å². The van der Waals surface area contributed by atoms with Crippen molar-refractivity contribution in [1.29, 1.82) is 0 Å². The Hall–Kier alpha value is -2.28. The van der Waals surface area contributed by atoms with E-state index >= 15 is 0 Å². The Bertz CT molecular complexity index is 912. The lowest BCUT2D eigenvalue weighted by Gasteiger charge is -2.33. The second-order valence-corrected chi connectivity index (χ2v) is 10.4. The first-order valence-corrected chi connectivity index (χ1v) is 12.8. The summed E-state index contributed by atoms with van der Waals surface area (Å²) in [7, 11) is -3.76. The van der Waals surface area contributed by atoms with E-state index in [1.807, 2.05) is 38.1 Å². The molecule has 2 rings (SSSR count). The molecular weight excluding hydrogens is 445 g/mol. The van der Waals surface area contributed by atoms with E-state index in [0.717, 1.165) is 17.0 Å². The highest BCUT2D eigenvalue weighted by Crippen LogP contribution is 2.64. The molecule has 0 bridgehead atoms. The Morgan fingerprint density at radius 1 is 0.970 bits per heavy atom. The summed E-state index contributed by atoms with van der Waals surface area (Å²) in [6.07, 6.45) is 3.57. The lowest BCUT2D eigenvalue weighted by molar-refractivity contribution is -0.138. The first-order chi connectivity index (χ1) is 15.6. The van der Waals surface area contributed by atoms with E-state index < -0.39 is 24.9 Å². The third kappa shape index (κ3) is 7.10. The fraction of sp³-hybridized carbons (Fsp3) is 0.542. The van der Waals surface area contributed by atoms with Gasteiger partial charge in [0.1, 0.15) is 0 Å². The number of rotatable bonds is 16. The minimum atomic E-state index is -3.76. The van der Waals surface area contributed by atoms with E-state index in [0.29, 0.717) is 43.8 Å². The van der Waals surface area contributed by atoms with Crippen molar-refractivity contribution in [2.24, 2.45) is 4.99 Å². The molecule has 182 valence electrons. The Morgan fingerprint density at radius 3 is 2.00 bits per heavy atom. The number of hydrogen-bond acceptors (Lipinski definition) is 6. The maximum Gasteiger partial charge on any atom is 0.358 e. The lowest BCUT2D eigenvalue weighted by atomic mass is 9.80. The predicted molar refractivity (Wildman–Crippen MR) is 127 cm³/mol. The fourth-order valence-corrected chi connectivity index (χ4v) is 5.75. The minimum absolute atomic E-state index is 0.0850. The van der Waals surface area contributed by atoms with Crippen LogP contribution in [0.2, 0.25) is 0 Å². The number of para-hydroxylation sites is 1. The van der Waals surface area contributed by atoms with Gasteiger partial charge in [-0.3, -0.25) is 19.1 Å². The van der Waals surface area contributed by atoms with Crippen molar-refractivity contribution in [2.45, 2.75) is 70.6 Å². The van der Waals surface area contributed by atoms with Gasteiger partial charge < -0.3 is 19.3 Å². The summed E-state index contributed by atoms with van der Waals surface area (Å²) >= 11 is 0. The molecule has 1 aromatic rings. The second-order valence-electron chi connectivity index (χ2n) is 8.36. The second kappa shape index (κ2) is 12.3. The van der Waals surface area contributed by atoms with Crippen molar-refractivity contribution in [3.05, 3.63) is 41.7 Å². The highest BCUT2D eigenvalue weighted by molar-refractivity contribution is 7.58. The summed E-state index contributed by atoms with van der Waals surface area (Å²) in [5.74, 6) is -1.69. The first kappa shape index (κ1) is 27.0.